The van der Waals surface area contributed by atoms with Gasteiger partial charge in [0.05, 0.1) is 0 Å². The van der Waals surface area contributed by atoms with Crippen LogP contribution >= 0.6 is 11.6 Å². The van der Waals surface area contributed by atoms with Crippen molar-refractivity contribution in [2.75, 3.05) is 0 Å². The van der Waals surface area contributed by atoms with Crippen LogP contribution in [0.25, 0.3) is 0 Å². The van der Waals surface area contributed by atoms with Gasteiger partial charge in [0.2, 0.25) is 0 Å². The van der Waals surface area contributed by atoms with Gasteiger partial charge in [-0.1, -0.05) is 44.5 Å². The first-order chi connectivity index (χ1) is 5.00. The van der Waals surface area contributed by atoms with E-state index in [1.54, 1.807) is 0 Å². The predicted octanol–water partition coefficient (Wildman–Crippen LogP) is 3.64. The first kappa shape index (κ1) is 12.1. The van der Waals surface area contributed by atoms with Crippen LogP contribution in [0.1, 0.15) is 26.3 Å². The molecule has 0 radical (unpaired) electrons. The van der Waals surface area contributed by atoms with Gasteiger partial charge in [0.15, 0.2) is 0 Å². The van der Waals surface area contributed by atoms with Crippen molar-refractivity contribution >= 4 is 11.6 Å². The third kappa shape index (κ3) is 3.25. The zero-order valence-electron chi connectivity index (χ0n) is 7.89. The molecule has 0 saturated heterocycles. The molecule has 0 aromatic heterocycles. The first-order valence-electron chi connectivity index (χ1n) is 3.76. The van der Waals surface area contributed by atoms with Crippen LogP contribution in [0.5, 0.6) is 0 Å². The van der Waals surface area contributed by atoms with Gasteiger partial charge in [-0.2, -0.15) is 0 Å². The summed E-state index contributed by atoms with van der Waals surface area (Å²) >= 11 is 5.76. The van der Waals surface area contributed by atoms with Gasteiger partial charge in [-0.05, 0) is 23.1 Å². The maximum Gasteiger partial charge on any atom is 0.0406 e. The molecule has 0 N–H and O–H groups in total. The van der Waals surface area contributed by atoms with Crippen LogP contribution < -0.4 is 0 Å². The minimum absolute atomic E-state index is 0. The molecule has 0 heterocycles. The molecule has 1 aromatic carbocycles. The van der Waals surface area contributed by atoms with Crippen molar-refractivity contribution in [3.63, 3.8) is 0 Å². The zero-order valence-corrected chi connectivity index (χ0v) is 11.6. The summed E-state index contributed by atoms with van der Waals surface area (Å²) in [6, 6.07) is 8.01. The van der Waals surface area contributed by atoms with Crippen molar-refractivity contribution in [2.24, 2.45) is 0 Å². The normalized spacial score (nSPS) is 10.7. The molecule has 62 valence electrons. The van der Waals surface area contributed by atoms with Crippen molar-refractivity contribution in [1.29, 1.82) is 0 Å². The standard InChI is InChI=1S/C10H13Cl.Zn/c1-10(2,3)8-4-6-9(11)7-5-8;/h4-7H,1-3H3;. The molecular weight excluding hydrogens is 221 g/mol. The van der Waals surface area contributed by atoms with Crippen molar-refractivity contribution in [3.05, 3.63) is 34.9 Å². The Morgan fingerprint density at radius 1 is 1.00 bits per heavy atom. The van der Waals surface area contributed by atoms with Crippen LogP contribution in [0.4, 0.5) is 0 Å². The van der Waals surface area contributed by atoms with Crippen LogP contribution in [0.2, 0.25) is 5.02 Å². The summed E-state index contributed by atoms with van der Waals surface area (Å²) in [6.45, 7) is 6.57. The number of benzene rings is 1. The molecule has 0 spiro atoms. The van der Waals surface area contributed by atoms with Gasteiger partial charge < -0.3 is 0 Å². The Balaban J connectivity index is 0.00000121. The van der Waals surface area contributed by atoms with Gasteiger partial charge in [0.1, 0.15) is 0 Å². The van der Waals surface area contributed by atoms with E-state index in [2.05, 4.69) is 32.9 Å². The first-order valence-corrected chi connectivity index (χ1v) is 4.14. The predicted molar refractivity (Wildman–Crippen MR) is 50.2 cm³/mol. The van der Waals surface area contributed by atoms with E-state index in [1.807, 2.05) is 12.1 Å². The Hall–Kier alpha value is 0.133. The molecule has 2 heteroatoms. The van der Waals surface area contributed by atoms with Crippen LogP contribution in [0, 0.1) is 0 Å². The quantitative estimate of drug-likeness (QED) is 0.601. The molecule has 0 saturated carbocycles. The Labute approximate surface area is 92.1 Å². The Morgan fingerprint density at radius 3 is 1.75 bits per heavy atom. The molecule has 1 rings (SSSR count). The smallest absolute Gasteiger partial charge is 0.0406 e. The average Bonchev–Trinajstić information content (AvgIpc) is 1.86. The third-order valence-electron chi connectivity index (χ3n) is 1.71. The molecule has 0 aliphatic heterocycles. The molecule has 12 heavy (non-hydrogen) atoms. The van der Waals surface area contributed by atoms with Gasteiger partial charge in [0, 0.05) is 24.5 Å². The van der Waals surface area contributed by atoms with Gasteiger partial charge >= 0.3 is 0 Å². The van der Waals surface area contributed by atoms with E-state index in [-0.39, 0.29) is 24.9 Å². The summed E-state index contributed by atoms with van der Waals surface area (Å²) in [5.41, 5.74) is 1.55. The number of hydrogen-bond acceptors (Lipinski definition) is 0. The van der Waals surface area contributed by atoms with Gasteiger partial charge in [0.25, 0.3) is 0 Å². The van der Waals surface area contributed by atoms with E-state index in [1.165, 1.54) is 5.56 Å². The summed E-state index contributed by atoms with van der Waals surface area (Å²) in [4.78, 5) is 0. The van der Waals surface area contributed by atoms with Crippen molar-refractivity contribution in [3.8, 4) is 0 Å². The fourth-order valence-electron chi connectivity index (χ4n) is 0.950. The minimum Gasteiger partial charge on any atom is -0.0843 e. The topological polar surface area (TPSA) is 0 Å². The molecular formula is C10H13ClZn. The summed E-state index contributed by atoms with van der Waals surface area (Å²) in [5, 5.41) is 0.804. The minimum atomic E-state index is 0. The van der Waals surface area contributed by atoms with Crippen molar-refractivity contribution in [2.45, 2.75) is 26.2 Å². The van der Waals surface area contributed by atoms with E-state index in [9.17, 15) is 0 Å². The molecule has 1 aromatic rings. The van der Waals surface area contributed by atoms with Crippen LogP contribution in [-0.4, -0.2) is 0 Å². The van der Waals surface area contributed by atoms with E-state index in [0.29, 0.717) is 0 Å². The Morgan fingerprint density at radius 2 is 1.42 bits per heavy atom. The molecule has 0 fully saturated rings. The van der Waals surface area contributed by atoms with Gasteiger partial charge in [-0.3, -0.25) is 0 Å². The van der Waals surface area contributed by atoms with E-state index in [4.69, 9.17) is 11.6 Å². The largest absolute Gasteiger partial charge is 0.0843 e. The van der Waals surface area contributed by atoms with Crippen molar-refractivity contribution in [1.82, 2.24) is 0 Å². The monoisotopic (exact) mass is 232 g/mol. The molecule has 0 unspecified atom stereocenters. The number of rotatable bonds is 0. The maximum atomic E-state index is 5.76. The number of halogens is 1. The fraction of sp³-hybridized carbons (Fsp3) is 0.400. The molecule has 0 nitrogen and oxygen atoms in total. The second-order valence-electron chi connectivity index (χ2n) is 3.76. The summed E-state index contributed by atoms with van der Waals surface area (Å²) < 4.78 is 0. The van der Waals surface area contributed by atoms with E-state index >= 15 is 0 Å². The van der Waals surface area contributed by atoms with E-state index < -0.39 is 0 Å². The summed E-state index contributed by atoms with van der Waals surface area (Å²) in [6.07, 6.45) is 0. The SMILES string of the molecule is CC(C)(C)c1ccc(Cl)cc1.[Zn]. The van der Waals surface area contributed by atoms with Crippen LogP contribution in [-0.2, 0) is 24.9 Å². The zero-order chi connectivity index (χ0) is 8.48. The molecule has 0 bridgehead atoms. The van der Waals surface area contributed by atoms with Crippen LogP contribution in [0.15, 0.2) is 24.3 Å². The summed E-state index contributed by atoms with van der Waals surface area (Å²) in [5.74, 6) is 0. The van der Waals surface area contributed by atoms with Gasteiger partial charge in [-0.25, -0.2) is 0 Å². The summed E-state index contributed by atoms with van der Waals surface area (Å²) in [7, 11) is 0. The average molecular weight is 234 g/mol. The second-order valence-corrected chi connectivity index (χ2v) is 4.19. The molecule has 0 aliphatic carbocycles. The fourth-order valence-corrected chi connectivity index (χ4v) is 1.08. The second kappa shape index (κ2) is 4.39. The Bertz CT molecular complexity index is 233. The van der Waals surface area contributed by atoms with Crippen LogP contribution in [0.3, 0.4) is 0 Å². The Kier molecular flexibility index (Phi) is 4.44. The van der Waals surface area contributed by atoms with Crippen molar-refractivity contribution < 1.29 is 19.5 Å². The molecule has 0 aliphatic rings. The maximum absolute atomic E-state index is 5.76. The van der Waals surface area contributed by atoms with E-state index in [0.717, 1.165) is 5.02 Å². The molecule has 0 amide bonds. The third-order valence-corrected chi connectivity index (χ3v) is 1.96. The number of hydrogen-bond donors (Lipinski definition) is 0. The van der Waals surface area contributed by atoms with Gasteiger partial charge in [-0.15, -0.1) is 0 Å². The molecule has 0 atom stereocenters.